The molecule has 1 aliphatic rings. The van der Waals surface area contributed by atoms with Crippen molar-refractivity contribution in [1.29, 1.82) is 5.26 Å². The Morgan fingerprint density at radius 1 is 1.53 bits per heavy atom. The summed E-state index contributed by atoms with van der Waals surface area (Å²) in [5, 5.41) is 19.6. The minimum Gasteiger partial charge on any atom is -0.480 e. The van der Waals surface area contributed by atoms with Crippen LogP contribution < -0.4 is 5.32 Å². The van der Waals surface area contributed by atoms with Gasteiger partial charge >= 0.3 is 5.97 Å². The van der Waals surface area contributed by atoms with E-state index in [1.54, 1.807) is 0 Å². The Morgan fingerprint density at radius 3 is 2.67 bits per heavy atom. The molecule has 1 aliphatic carbocycles. The Bertz CT molecular complexity index is 292. The third kappa shape index (κ3) is 3.98. The number of carbonyl (C=O) groups is 2. The molecule has 0 radical (unpaired) electrons. The Hall–Kier alpha value is -1.57. The van der Waals surface area contributed by atoms with Gasteiger partial charge in [-0.25, -0.2) is 4.79 Å². The van der Waals surface area contributed by atoms with Crippen LogP contribution >= 0.6 is 0 Å². The molecule has 0 bridgehead atoms. The van der Waals surface area contributed by atoms with Crippen molar-refractivity contribution < 1.29 is 14.7 Å². The standard InChI is InChI=1S/C10H14N2O3/c11-6-2-1-3-8(10(14)15)12-9(13)7-4-5-7/h7-8H,1-5H2,(H,12,13)(H,14,15)/t8-/m1/s1. The molecule has 15 heavy (non-hydrogen) atoms. The second-order valence-corrected chi connectivity index (χ2v) is 3.72. The zero-order valence-corrected chi connectivity index (χ0v) is 8.40. The monoisotopic (exact) mass is 210 g/mol. The molecule has 1 atom stereocenters. The Morgan fingerprint density at radius 2 is 2.20 bits per heavy atom. The molecular weight excluding hydrogens is 196 g/mol. The summed E-state index contributed by atoms with van der Waals surface area (Å²) in [6.45, 7) is 0. The van der Waals surface area contributed by atoms with Gasteiger partial charge in [0, 0.05) is 12.3 Å². The van der Waals surface area contributed by atoms with Crippen molar-refractivity contribution in [2.45, 2.75) is 38.1 Å². The number of carboxylic acid groups (broad SMARTS) is 1. The molecule has 0 heterocycles. The third-order valence-electron chi connectivity index (χ3n) is 2.34. The van der Waals surface area contributed by atoms with E-state index in [2.05, 4.69) is 5.32 Å². The number of rotatable bonds is 6. The molecule has 1 amide bonds. The summed E-state index contributed by atoms with van der Waals surface area (Å²) >= 11 is 0. The minimum atomic E-state index is -1.03. The fraction of sp³-hybridized carbons (Fsp3) is 0.700. The van der Waals surface area contributed by atoms with E-state index in [-0.39, 0.29) is 11.8 Å². The van der Waals surface area contributed by atoms with Crippen molar-refractivity contribution in [2.75, 3.05) is 0 Å². The van der Waals surface area contributed by atoms with Crippen molar-refractivity contribution in [3.63, 3.8) is 0 Å². The SMILES string of the molecule is N#CCCC[C@@H](NC(=O)C1CC1)C(=O)O. The van der Waals surface area contributed by atoms with E-state index in [1.807, 2.05) is 6.07 Å². The Balaban J connectivity index is 2.32. The van der Waals surface area contributed by atoms with Gasteiger partial charge in [-0.1, -0.05) is 0 Å². The molecule has 0 spiro atoms. The van der Waals surface area contributed by atoms with E-state index >= 15 is 0 Å². The maximum absolute atomic E-state index is 11.3. The molecule has 2 N–H and O–H groups in total. The van der Waals surface area contributed by atoms with E-state index in [1.165, 1.54) is 0 Å². The molecule has 0 aromatic carbocycles. The van der Waals surface area contributed by atoms with Gasteiger partial charge in [0.05, 0.1) is 6.07 Å². The van der Waals surface area contributed by atoms with Crippen LogP contribution in [0.4, 0.5) is 0 Å². The minimum absolute atomic E-state index is 0.0165. The van der Waals surface area contributed by atoms with Crippen molar-refractivity contribution in [2.24, 2.45) is 5.92 Å². The number of hydrogen-bond acceptors (Lipinski definition) is 3. The van der Waals surface area contributed by atoms with Crippen molar-refractivity contribution in [3.8, 4) is 6.07 Å². The molecule has 0 aromatic rings. The first-order chi connectivity index (χ1) is 7.15. The van der Waals surface area contributed by atoms with Crippen LogP contribution in [0, 0.1) is 17.2 Å². The number of hydrogen-bond donors (Lipinski definition) is 2. The predicted octanol–water partition coefficient (Wildman–Crippen LogP) is 0.660. The quantitative estimate of drug-likeness (QED) is 0.630. The van der Waals surface area contributed by atoms with Gasteiger partial charge in [0.1, 0.15) is 6.04 Å². The van der Waals surface area contributed by atoms with Crippen LogP contribution in [0.1, 0.15) is 32.1 Å². The lowest BCUT2D eigenvalue weighted by Crippen LogP contribution is -2.41. The zero-order chi connectivity index (χ0) is 11.3. The zero-order valence-electron chi connectivity index (χ0n) is 8.40. The number of carbonyl (C=O) groups excluding carboxylic acids is 1. The lowest BCUT2D eigenvalue weighted by molar-refractivity contribution is -0.142. The van der Waals surface area contributed by atoms with Crippen molar-refractivity contribution >= 4 is 11.9 Å². The lowest BCUT2D eigenvalue weighted by Gasteiger charge is -2.13. The van der Waals surface area contributed by atoms with Crippen molar-refractivity contribution in [1.82, 2.24) is 5.32 Å². The van der Waals surface area contributed by atoms with Gasteiger partial charge in [0.25, 0.3) is 0 Å². The highest BCUT2D eigenvalue weighted by Gasteiger charge is 2.32. The van der Waals surface area contributed by atoms with Gasteiger partial charge < -0.3 is 10.4 Å². The number of carboxylic acids is 1. The van der Waals surface area contributed by atoms with E-state index in [0.29, 0.717) is 19.3 Å². The van der Waals surface area contributed by atoms with Gasteiger partial charge in [-0.05, 0) is 25.7 Å². The largest absolute Gasteiger partial charge is 0.480 e. The molecule has 1 rings (SSSR count). The summed E-state index contributed by atoms with van der Waals surface area (Å²) in [5.41, 5.74) is 0. The van der Waals surface area contributed by atoms with Gasteiger partial charge in [0.2, 0.25) is 5.91 Å². The fourth-order valence-electron chi connectivity index (χ4n) is 1.28. The Labute approximate surface area is 88.1 Å². The smallest absolute Gasteiger partial charge is 0.326 e. The summed E-state index contributed by atoms with van der Waals surface area (Å²) in [6, 6.07) is 1.10. The number of aliphatic carboxylic acids is 1. The molecular formula is C10H14N2O3. The van der Waals surface area contributed by atoms with Crippen LogP contribution in [-0.4, -0.2) is 23.0 Å². The van der Waals surface area contributed by atoms with Gasteiger partial charge in [-0.3, -0.25) is 4.79 Å². The molecule has 0 unspecified atom stereocenters. The Kier molecular flexibility index (Phi) is 4.10. The molecule has 0 aliphatic heterocycles. The number of amides is 1. The first-order valence-corrected chi connectivity index (χ1v) is 5.05. The number of nitrogens with one attached hydrogen (secondary N) is 1. The first kappa shape index (κ1) is 11.5. The summed E-state index contributed by atoms with van der Waals surface area (Å²) in [5.74, 6) is -1.18. The van der Waals surface area contributed by atoms with Crippen LogP contribution in [0.2, 0.25) is 0 Å². The van der Waals surface area contributed by atoms with E-state index < -0.39 is 12.0 Å². The average molecular weight is 210 g/mol. The van der Waals surface area contributed by atoms with Crippen LogP contribution in [0.15, 0.2) is 0 Å². The van der Waals surface area contributed by atoms with Crippen molar-refractivity contribution in [3.05, 3.63) is 0 Å². The number of nitrogens with zero attached hydrogens (tertiary/aromatic N) is 1. The summed E-state index contributed by atoms with van der Waals surface area (Å²) in [7, 11) is 0. The lowest BCUT2D eigenvalue weighted by atomic mass is 10.1. The van der Waals surface area contributed by atoms with Crippen LogP contribution in [0.5, 0.6) is 0 Å². The topological polar surface area (TPSA) is 90.2 Å². The summed E-state index contributed by atoms with van der Waals surface area (Å²) in [4.78, 5) is 22.1. The number of unbranched alkanes of at least 4 members (excludes halogenated alkanes) is 1. The fourth-order valence-corrected chi connectivity index (χ4v) is 1.28. The normalized spacial score (nSPS) is 16.5. The maximum Gasteiger partial charge on any atom is 0.326 e. The number of nitriles is 1. The summed E-state index contributed by atoms with van der Waals surface area (Å²) in [6.07, 6.45) is 2.86. The molecule has 1 saturated carbocycles. The van der Waals surface area contributed by atoms with E-state index in [0.717, 1.165) is 12.8 Å². The molecule has 82 valence electrons. The average Bonchev–Trinajstić information content (AvgIpc) is 2.99. The van der Waals surface area contributed by atoms with Gasteiger partial charge in [-0.2, -0.15) is 5.26 Å². The highest BCUT2D eigenvalue weighted by molar-refractivity contribution is 5.86. The van der Waals surface area contributed by atoms with E-state index in [4.69, 9.17) is 10.4 Å². The summed E-state index contributed by atoms with van der Waals surface area (Å²) < 4.78 is 0. The third-order valence-corrected chi connectivity index (χ3v) is 2.34. The van der Waals surface area contributed by atoms with E-state index in [9.17, 15) is 9.59 Å². The molecule has 5 heteroatoms. The first-order valence-electron chi connectivity index (χ1n) is 5.05. The molecule has 1 fully saturated rings. The van der Waals surface area contributed by atoms with Gasteiger partial charge in [0.15, 0.2) is 0 Å². The predicted molar refractivity (Wildman–Crippen MR) is 51.8 cm³/mol. The molecule has 0 aromatic heterocycles. The second-order valence-electron chi connectivity index (χ2n) is 3.72. The molecule has 5 nitrogen and oxygen atoms in total. The van der Waals surface area contributed by atoms with Crippen LogP contribution in [0.25, 0.3) is 0 Å². The highest BCUT2D eigenvalue weighted by Crippen LogP contribution is 2.29. The van der Waals surface area contributed by atoms with Crippen LogP contribution in [-0.2, 0) is 9.59 Å². The highest BCUT2D eigenvalue weighted by atomic mass is 16.4. The maximum atomic E-state index is 11.3. The van der Waals surface area contributed by atoms with Crippen LogP contribution in [0.3, 0.4) is 0 Å². The van der Waals surface area contributed by atoms with Gasteiger partial charge in [-0.15, -0.1) is 0 Å². The molecule has 0 saturated heterocycles. The second kappa shape index (κ2) is 5.35.